The van der Waals surface area contributed by atoms with Crippen LogP contribution in [0.5, 0.6) is 0 Å². The van der Waals surface area contributed by atoms with Gasteiger partial charge in [0.05, 0.1) is 45.6 Å². The minimum absolute atomic E-state index is 0.213. The van der Waals surface area contributed by atoms with Crippen LogP contribution >= 0.6 is 0 Å². The third-order valence-electron chi connectivity index (χ3n) is 4.10. The average Bonchev–Trinajstić information content (AvgIpc) is 3.31. The molecule has 8 heteroatoms. The van der Waals surface area contributed by atoms with Crippen molar-refractivity contribution in [2.24, 2.45) is 0 Å². The molecule has 0 saturated heterocycles. The first-order valence-electron chi connectivity index (χ1n) is 8.28. The third-order valence-corrected chi connectivity index (χ3v) is 5.28. The van der Waals surface area contributed by atoms with Gasteiger partial charge in [-0.3, -0.25) is 9.19 Å². The number of aromatic amines is 1. The molecule has 0 bridgehead atoms. The van der Waals surface area contributed by atoms with Crippen molar-refractivity contribution in [2.45, 2.75) is 17.5 Å². The van der Waals surface area contributed by atoms with Gasteiger partial charge in [0.2, 0.25) is 0 Å². The van der Waals surface area contributed by atoms with Gasteiger partial charge in [0.15, 0.2) is 5.16 Å². The molecule has 6 nitrogen and oxygen atoms in total. The molecule has 4 aromatic rings. The summed E-state index contributed by atoms with van der Waals surface area (Å²) in [7, 11) is 0.190. The minimum atomic E-state index is -1.43. The molecule has 0 aliphatic rings. The summed E-state index contributed by atoms with van der Waals surface area (Å²) in [6, 6.07) is 10.4. The van der Waals surface area contributed by atoms with Crippen LogP contribution in [-0.4, -0.2) is 30.8 Å². The Labute approximate surface area is 157 Å². The highest BCUT2D eigenvalue weighted by Gasteiger charge is 2.15. The summed E-state index contributed by atoms with van der Waals surface area (Å²) in [5.41, 5.74) is 3.10. The highest BCUT2D eigenvalue weighted by molar-refractivity contribution is 7.84. The number of hydrogen-bond donors (Lipinski definition) is 1. The Morgan fingerprint density at radius 2 is 2.07 bits per heavy atom. The molecular weight excluding hydrogens is 367 g/mol. The fourth-order valence-electron chi connectivity index (χ4n) is 2.86. The molecule has 0 amide bonds. The molecule has 27 heavy (non-hydrogen) atoms. The topological polar surface area (TPSA) is 72.8 Å². The summed E-state index contributed by atoms with van der Waals surface area (Å²) in [5.74, 6) is -0.168. The first-order valence-corrected chi connectivity index (χ1v) is 9.59. The number of halogens is 1. The number of benzene rings is 1. The summed E-state index contributed by atoms with van der Waals surface area (Å²) < 4.78 is 33.9. The Morgan fingerprint density at radius 3 is 2.85 bits per heavy atom. The van der Waals surface area contributed by atoms with Gasteiger partial charge in [-0.2, -0.15) is 0 Å². The molecule has 1 atom stereocenters. The predicted octanol–water partition coefficient (Wildman–Crippen LogP) is 3.34. The van der Waals surface area contributed by atoms with Crippen molar-refractivity contribution >= 4 is 21.8 Å². The number of hydrogen-bond acceptors (Lipinski definition) is 4. The van der Waals surface area contributed by atoms with Crippen LogP contribution in [-0.2, 0) is 27.9 Å². The second-order valence-corrected chi connectivity index (χ2v) is 7.40. The van der Waals surface area contributed by atoms with Gasteiger partial charge in [-0.1, -0.05) is 0 Å². The number of rotatable bonds is 6. The van der Waals surface area contributed by atoms with Crippen molar-refractivity contribution in [1.82, 2.24) is 19.5 Å². The average molecular weight is 384 g/mol. The van der Waals surface area contributed by atoms with Crippen molar-refractivity contribution in [3.8, 4) is 5.69 Å². The largest absolute Gasteiger partial charge is 0.380 e. The molecule has 1 aromatic carbocycles. The quantitative estimate of drug-likeness (QED) is 0.553. The zero-order valence-electron chi connectivity index (χ0n) is 14.6. The number of aromatic nitrogens is 4. The maximum Gasteiger partial charge on any atom is 0.197 e. The lowest BCUT2D eigenvalue weighted by Gasteiger charge is -2.03. The van der Waals surface area contributed by atoms with Gasteiger partial charge >= 0.3 is 0 Å². The lowest BCUT2D eigenvalue weighted by Crippen LogP contribution is -2.01. The van der Waals surface area contributed by atoms with Crippen LogP contribution in [0.15, 0.2) is 60.1 Å². The van der Waals surface area contributed by atoms with E-state index in [9.17, 15) is 8.60 Å². The van der Waals surface area contributed by atoms with Crippen molar-refractivity contribution in [2.75, 3.05) is 7.11 Å². The Balaban J connectivity index is 1.62. The number of pyridine rings is 1. The molecule has 0 radical (unpaired) electrons. The standard InChI is InChI=1S/C19H17FN4O2S/c1-26-11-13-4-5-21-14(8-13)12-27(25)19-22-16-9-15(20)18(10-17(16)23-19)24-6-2-3-7-24/h2-10H,11-12H2,1H3,(H,22,23). The number of fused-ring (bicyclic) bond motifs is 1. The molecule has 3 heterocycles. The van der Waals surface area contributed by atoms with Crippen LogP contribution in [0.1, 0.15) is 11.3 Å². The van der Waals surface area contributed by atoms with Gasteiger partial charge in [-0.05, 0) is 35.9 Å². The van der Waals surface area contributed by atoms with Gasteiger partial charge in [-0.15, -0.1) is 0 Å². The molecule has 0 aliphatic heterocycles. The van der Waals surface area contributed by atoms with Gasteiger partial charge in [0.25, 0.3) is 0 Å². The molecular formula is C19H17FN4O2S. The van der Waals surface area contributed by atoms with E-state index in [0.29, 0.717) is 34.2 Å². The first-order chi connectivity index (χ1) is 13.1. The molecule has 0 saturated carbocycles. The molecule has 0 spiro atoms. The maximum absolute atomic E-state index is 14.4. The lowest BCUT2D eigenvalue weighted by atomic mass is 10.2. The van der Waals surface area contributed by atoms with E-state index in [0.717, 1.165) is 5.56 Å². The molecule has 4 rings (SSSR count). The summed E-state index contributed by atoms with van der Waals surface area (Å²) in [6.07, 6.45) is 5.18. The van der Waals surface area contributed by atoms with E-state index in [2.05, 4.69) is 15.0 Å². The van der Waals surface area contributed by atoms with Crippen LogP contribution in [0.2, 0.25) is 0 Å². The number of H-pyrrole nitrogens is 1. The highest BCUT2D eigenvalue weighted by atomic mass is 32.2. The molecule has 3 aromatic heterocycles. The smallest absolute Gasteiger partial charge is 0.197 e. The number of imidazole rings is 1. The lowest BCUT2D eigenvalue weighted by molar-refractivity contribution is 0.185. The van der Waals surface area contributed by atoms with Crippen LogP contribution in [0.4, 0.5) is 4.39 Å². The summed E-state index contributed by atoms with van der Waals surface area (Å²) in [6.45, 7) is 0.467. The molecule has 138 valence electrons. The predicted molar refractivity (Wildman–Crippen MR) is 100 cm³/mol. The maximum atomic E-state index is 14.4. The second-order valence-electron chi connectivity index (χ2n) is 6.03. The van der Waals surface area contributed by atoms with Crippen molar-refractivity contribution in [3.05, 3.63) is 72.1 Å². The van der Waals surface area contributed by atoms with Crippen LogP contribution in [0.3, 0.4) is 0 Å². The van der Waals surface area contributed by atoms with Gasteiger partial charge in [0.1, 0.15) is 5.82 Å². The number of nitrogens with one attached hydrogen (secondary N) is 1. The van der Waals surface area contributed by atoms with Crippen molar-refractivity contribution in [1.29, 1.82) is 0 Å². The van der Waals surface area contributed by atoms with Crippen LogP contribution in [0, 0.1) is 5.82 Å². The van der Waals surface area contributed by atoms with E-state index in [4.69, 9.17) is 4.74 Å². The Hall–Kier alpha value is -2.84. The van der Waals surface area contributed by atoms with E-state index in [1.807, 2.05) is 24.3 Å². The zero-order chi connectivity index (χ0) is 18.8. The van der Waals surface area contributed by atoms with Crippen molar-refractivity contribution in [3.63, 3.8) is 0 Å². The normalized spacial score (nSPS) is 12.5. The highest BCUT2D eigenvalue weighted by Crippen LogP contribution is 2.22. The monoisotopic (exact) mass is 384 g/mol. The van der Waals surface area contributed by atoms with Crippen molar-refractivity contribution < 1.29 is 13.3 Å². The first kappa shape index (κ1) is 17.6. The fraction of sp³-hybridized carbons (Fsp3) is 0.158. The molecule has 1 N–H and O–H groups in total. The van der Waals surface area contributed by atoms with E-state index in [1.165, 1.54) is 6.07 Å². The number of ether oxygens (including phenoxy) is 1. The van der Waals surface area contributed by atoms with Gasteiger partial charge < -0.3 is 14.3 Å². The summed E-state index contributed by atoms with van der Waals surface area (Å²) in [4.78, 5) is 11.6. The summed E-state index contributed by atoms with van der Waals surface area (Å²) in [5, 5.41) is 0.299. The SMILES string of the molecule is COCc1ccnc(CS(=O)c2nc3cc(-n4cccc4)c(F)cc3[nH]2)c1. The number of nitrogens with zero attached hydrogens (tertiary/aromatic N) is 3. The van der Waals surface area contributed by atoms with Crippen LogP contribution in [0.25, 0.3) is 16.7 Å². The van der Waals surface area contributed by atoms with Gasteiger partial charge in [0, 0.05) is 31.8 Å². The van der Waals surface area contributed by atoms with E-state index in [1.54, 1.807) is 36.3 Å². The molecule has 1 unspecified atom stereocenters. The zero-order valence-corrected chi connectivity index (χ0v) is 15.4. The van der Waals surface area contributed by atoms with E-state index in [-0.39, 0.29) is 11.6 Å². The Morgan fingerprint density at radius 1 is 1.26 bits per heavy atom. The second kappa shape index (κ2) is 7.42. The third kappa shape index (κ3) is 3.67. The van der Waals surface area contributed by atoms with E-state index >= 15 is 0 Å². The van der Waals surface area contributed by atoms with Gasteiger partial charge in [-0.25, -0.2) is 9.37 Å². The van der Waals surface area contributed by atoms with E-state index < -0.39 is 10.8 Å². The molecule has 0 fully saturated rings. The summed E-state index contributed by atoms with van der Waals surface area (Å²) >= 11 is 0. The minimum Gasteiger partial charge on any atom is -0.380 e. The Kier molecular flexibility index (Phi) is 4.83. The fourth-order valence-corrected chi connectivity index (χ4v) is 3.85. The number of methoxy groups -OCH3 is 1. The molecule has 0 aliphatic carbocycles. The Bertz CT molecular complexity index is 1110. The van der Waals surface area contributed by atoms with Crippen LogP contribution < -0.4 is 0 Å².